The Hall–Kier alpha value is -4.21. The standard InChI is InChI=1S/C29H28F5N5O3/c1-16(20-4-2-3-17(11-20)13-35)25(40)38-24(19-7-9-28(30,31)10-8-19)26-36-21-12-18(5-6-22(21)42-26)14-39-15-23(29(32,33)34)37-27(39)41/h2-6,11-12,16,19,23-24H,7-10,14-15H2,1H3,(H,37,41)(H,38,40)/t16?,23-,24-/m0/s1. The first kappa shape index (κ1) is 29.3. The molecule has 2 heterocycles. The minimum absolute atomic E-state index is 0.0896. The van der Waals surface area contributed by atoms with Crippen LogP contribution in [0.4, 0.5) is 26.7 Å². The van der Waals surface area contributed by atoms with E-state index in [1.807, 2.05) is 11.4 Å². The molecule has 3 aromatic rings. The number of nitrogens with zero attached hydrogens (tertiary/aromatic N) is 3. The molecule has 0 bridgehead atoms. The van der Waals surface area contributed by atoms with Crippen LogP contribution in [0.2, 0.25) is 0 Å². The van der Waals surface area contributed by atoms with E-state index in [1.165, 1.54) is 0 Å². The number of hydrogen-bond acceptors (Lipinski definition) is 5. The first-order valence-electron chi connectivity index (χ1n) is 13.5. The molecule has 1 saturated heterocycles. The first-order valence-corrected chi connectivity index (χ1v) is 13.5. The Morgan fingerprint density at radius 1 is 1.24 bits per heavy atom. The van der Waals surface area contributed by atoms with E-state index < -0.39 is 48.6 Å². The van der Waals surface area contributed by atoms with E-state index in [1.54, 1.807) is 49.4 Å². The molecular formula is C29H28F5N5O3. The lowest BCUT2D eigenvalue weighted by atomic mass is 9.81. The number of oxazole rings is 1. The fourth-order valence-electron chi connectivity index (χ4n) is 5.44. The molecule has 2 N–H and O–H groups in total. The number of urea groups is 1. The average Bonchev–Trinajstić information content (AvgIpc) is 3.54. The zero-order chi connectivity index (χ0) is 30.2. The molecule has 5 rings (SSSR count). The number of fused-ring (bicyclic) bond motifs is 1. The molecule has 8 nitrogen and oxygen atoms in total. The van der Waals surface area contributed by atoms with Crippen LogP contribution in [-0.4, -0.2) is 46.5 Å². The number of hydrogen-bond donors (Lipinski definition) is 2. The molecule has 3 atom stereocenters. The summed E-state index contributed by atoms with van der Waals surface area (Å²) in [6.45, 7) is 1.06. The number of carbonyl (C=O) groups is 2. The summed E-state index contributed by atoms with van der Waals surface area (Å²) in [6.07, 6.45) is -4.99. The van der Waals surface area contributed by atoms with Crippen LogP contribution in [-0.2, 0) is 11.3 Å². The molecule has 3 amide bonds. The molecule has 0 spiro atoms. The number of carbonyl (C=O) groups excluding carboxylic acids is 2. The van der Waals surface area contributed by atoms with Gasteiger partial charge in [0.25, 0.3) is 0 Å². The molecule has 0 radical (unpaired) electrons. The van der Waals surface area contributed by atoms with Gasteiger partial charge in [-0.1, -0.05) is 18.2 Å². The summed E-state index contributed by atoms with van der Waals surface area (Å²) in [7, 11) is 0. The van der Waals surface area contributed by atoms with E-state index in [0.29, 0.717) is 27.8 Å². The van der Waals surface area contributed by atoms with E-state index in [4.69, 9.17) is 4.42 Å². The predicted molar refractivity (Wildman–Crippen MR) is 140 cm³/mol. The maximum absolute atomic E-state index is 14.0. The summed E-state index contributed by atoms with van der Waals surface area (Å²) < 4.78 is 73.1. The second-order valence-corrected chi connectivity index (χ2v) is 10.9. The fourth-order valence-corrected chi connectivity index (χ4v) is 5.44. The van der Waals surface area contributed by atoms with Gasteiger partial charge >= 0.3 is 12.2 Å². The van der Waals surface area contributed by atoms with Gasteiger partial charge in [0.1, 0.15) is 17.6 Å². The zero-order valence-electron chi connectivity index (χ0n) is 22.5. The Balaban J connectivity index is 1.38. The maximum Gasteiger partial charge on any atom is 0.410 e. The fraction of sp³-hybridized carbons (Fsp3) is 0.448. The Morgan fingerprint density at radius 3 is 2.64 bits per heavy atom. The number of nitriles is 1. The van der Waals surface area contributed by atoms with Crippen molar-refractivity contribution in [3.63, 3.8) is 0 Å². The van der Waals surface area contributed by atoms with E-state index >= 15 is 0 Å². The molecule has 2 aromatic carbocycles. The Morgan fingerprint density at radius 2 is 1.98 bits per heavy atom. The highest BCUT2D eigenvalue weighted by Crippen LogP contribution is 2.42. The topological polar surface area (TPSA) is 111 Å². The molecular weight excluding hydrogens is 561 g/mol. The smallest absolute Gasteiger partial charge is 0.410 e. The van der Waals surface area contributed by atoms with Gasteiger partial charge in [0.2, 0.25) is 17.7 Å². The molecule has 1 aliphatic carbocycles. The van der Waals surface area contributed by atoms with Crippen molar-refractivity contribution in [1.29, 1.82) is 5.26 Å². The predicted octanol–water partition coefficient (Wildman–Crippen LogP) is 5.94. The van der Waals surface area contributed by atoms with Crippen LogP contribution < -0.4 is 10.6 Å². The van der Waals surface area contributed by atoms with Crippen LogP contribution in [0, 0.1) is 17.2 Å². The minimum atomic E-state index is -4.56. The summed E-state index contributed by atoms with van der Waals surface area (Å²) in [6, 6.07) is 9.82. The van der Waals surface area contributed by atoms with Gasteiger partial charge in [-0.2, -0.15) is 18.4 Å². The van der Waals surface area contributed by atoms with Crippen LogP contribution >= 0.6 is 0 Å². The van der Waals surface area contributed by atoms with E-state index in [0.717, 1.165) is 4.90 Å². The van der Waals surface area contributed by atoms with Gasteiger partial charge in [-0.25, -0.2) is 18.6 Å². The molecule has 13 heteroatoms. The van der Waals surface area contributed by atoms with Crippen LogP contribution in [0.5, 0.6) is 0 Å². The lowest BCUT2D eigenvalue weighted by Gasteiger charge is -2.33. The van der Waals surface area contributed by atoms with Gasteiger partial charge in [0.05, 0.1) is 24.1 Å². The zero-order valence-corrected chi connectivity index (χ0v) is 22.5. The van der Waals surface area contributed by atoms with E-state index in [2.05, 4.69) is 10.3 Å². The molecule has 222 valence electrons. The first-order chi connectivity index (χ1) is 19.8. The van der Waals surface area contributed by atoms with Crippen molar-refractivity contribution in [3.8, 4) is 6.07 Å². The maximum atomic E-state index is 14.0. The quantitative estimate of drug-likeness (QED) is 0.332. The third-order valence-corrected chi connectivity index (χ3v) is 7.93. The second-order valence-electron chi connectivity index (χ2n) is 10.9. The Kier molecular flexibility index (Phi) is 7.83. The van der Waals surface area contributed by atoms with Crippen LogP contribution in [0.25, 0.3) is 11.1 Å². The van der Waals surface area contributed by atoms with Crippen molar-refractivity contribution in [2.75, 3.05) is 6.54 Å². The van der Waals surface area contributed by atoms with Crippen molar-refractivity contribution >= 4 is 23.0 Å². The van der Waals surface area contributed by atoms with Gasteiger partial charge < -0.3 is 20.0 Å². The van der Waals surface area contributed by atoms with Gasteiger partial charge in [0, 0.05) is 19.4 Å². The Bertz CT molecular complexity index is 1520. The summed E-state index contributed by atoms with van der Waals surface area (Å²) >= 11 is 0. The van der Waals surface area contributed by atoms with Gasteiger partial charge in [0.15, 0.2) is 5.58 Å². The molecule has 1 aromatic heterocycles. The number of nitrogens with one attached hydrogen (secondary N) is 2. The lowest BCUT2D eigenvalue weighted by molar-refractivity contribution is -0.149. The van der Waals surface area contributed by atoms with Crippen molar-refractivity contribution < 1.29 is 36.0 Å². The molecule has 42 heavy (non-hydrogen) atoms. The van der Waals surface area contributed by atoms with E-state index in [9.17, 15) is 36.8 Å². The van der Waals surface area contributed by atoms with Gasteiger partial charge in [-0.15, -0.1) is 0 Å². The third kappa shape index (κ3) is 6.32. The van der Waals surface area contributed by atoms with Crippen molar-refractivity contribution in [3.05, 3.63) is 65.0 Å². The van der Waals surface area contributed by atoms with E-state index in [-0.39, 0.29) is 44.0 Å². The SMILES string of the molecule is CC(C(=O)N[C@H](c1nc2cc(CN3C[C@@H](C(F)(F)F)NC3=O)ccc2o1)C1CCC(F)(F)CC1)c1cccc(C#N)c1. The van der Waals surface area contributed by atoms with Crippen molar-refractivity contribution in [2.24, 2.45) is 5.92 Å². The number of benzene rings is 2. The Labute approximate surface area is 237 Å². The van der Waals surface area contributed by atoms with Crippen LogP contribution in [0.3, 0.4) is 0 Å². The number of halogens is 5. The molecule has 1 aliphatic heterocycles. The summed E-state index contributed by atoms with van der Waals surface area (Å²) in [4.78, 5) is 31.0. The summed E-state index contributed by atoms with van der Waals surface area (Å²) in [5.41, 5.74) is 2.21. The highest BCUT2D eigenvalue weighted by molar-refractivity contribution is 5.84. The third-order valence-electron chi connectivity index (χ3n) is 7.93. The highest BCUT2D eigenvalue weighted by Gasteiger charge is 2.47. The summed E-state index contributed by atoms with van der Waals surface area (Å²) in [5.74, 6) is -4.10. The minimum Gasteiger partial charge on any atom is -0.438 e. The van der Waals surface area contributed by atoms with Gasteiger partial charge in [-0.05, 0) is 61.1 Å². The van der Waals surface area contributed by atoms with Crippen molar-refractivity contribution in [2.45, 2.75) is 69.3 Å². The summed E-state index contributed by atoms with van der Waals surface area (Å²) in [5, 5.41) is 14.1. The number of alkyl halides is 5. The second kappa shape index (κ2) is 11.2. The van der Waals surface area contributed by atoms with Gasteiger partial charge in [-0.3, -0.25) is 4.79 Å². The largest absolute Gasteiger partial charge is 0.438 e. The van der Waals surface area contributed by atoms with Crippen LogP contribution in [0.15, 0.2) is 46.9 Å². The highest BCUT2D eigenvalue weighted by atomic mass is 19.4. The molecule has 1 unspecified atom stereocenters. The molecule has 1 saturated carbocycles. The number of aromatic nitrogens is 1. The van der Waals surface area contributed by atoms with Crippen molar-refractivity contribution in [1.82, 2.24) is 20.5 Å². The monoisotopic (exact) mass is 589 g/mol. The molecule has 2 aliphatic rings. The normalized spacial score (nSPS) is 20.6. The number of amides is 3. The molecule has 2 fully saturated rings. The average molecular weight is 590 g/mol. The van der Waals surface area contributed by atoms with Crippen LogP contribution in [0.1, 0.15) is 67.1 Å². The number of rotatable bonds is 7. The lowest BCUT2D eigenvalue weighted by Crippen LogP contribution is -2.40.